The molecule has 9 heteroatoms. The van der Waals surface area contributed by atoms with Crippen molar-refractivity contribution in [2.45, 2.75) is 198 Å². The molecule has 1 aliphatic rings. The standard InChI is InChI=1S/C34H66O9/c1-27(36)25-29(38)22-20-18-16-14-12-10-8-6-4-2-3-5-7-9-11-13-15-17-19-21-28(37)23-24-42-34-33(41)32(40)31(39)30(26-35)43-34/h27,29-36,38-41H,2-26H2,1H3. The lowest BCUT2D eigenvalue weighted by molar-refractivity contribution is -0.300. The van der Waals surface area contributed by atoms with Crippen molar-refractivity contribution in [3.8, 4) is 0 Å². The van der Waals surface area contributed by atoms with Gasteiger partial charge in [-0.3, -0.25) is 4.79 Å². The zero-order valence-electron chi connectivity index (χ0n) is 27.1. The second kappa shape index (κ2) is 26.6. The molecule has 0 aromatic heterocycles. The van der Waals surface area contributed by atoms with E-state index in [-0.39, 0.29) is 24.9 Å². The fraction of sp³-hybridized carbons (Fsp3) is 0.971. The number of Topliss-reactive ketones (excluding diaryl/α,β-unsaturated/α-hetero) is 1. The number of carbonyl (C=O) groups is 1. The van der Waals surface area contributed by atoms with Crippen LogP contribution in [0.1, 0.15) is 155 Å². The molecular formula is C34H66O9. The average Bonchev–Trinajstić information content (AvgIpc) is 2.97. The number of hydrogen-bond acceptors (Lipinski definition) is 9. The van der Waals surface area contributed by atoms with Crippen LogP contribution in [0.5, 0.6) is 0 Å². The molecule has 1 rings (SSSR count). The summed E-state index contributed by atoms with van der Waals surface area (Å²) < 4.78 is 10.7. The number of unbranched alkanes of at least 4 members (excludes halogenated alkanes) is 18. The molecule has 7 atom stereocenters. The van der Waals surface area contributed by atoms with Gasteiger partial charge >= 0.3 is 0 Å². The predicted octanol–water partition coefficient (Wildman–Crippen LogP) is 5.09. The number of hydrogen-bond donors (Lipinski definition) is 6. The highest BCUT2D eigenvalue weighted by atomic mass is 16.7. The van der Waals surface area contributed by atoms with E-state index >= 15 is 0 Å². The van der Waals surface area contributed by atoms with E-state index in [1.807, 2.05) is 0 Å². The van der Waals surface area contributed by atoms with Gasteiger partial charge in [0.15, 0.2) is 6.29 Å². The van der Waals surface area contributed by atoms with Gasteiger partial charge in [0.2, 0.25) is 0 Å². The van der Waals surface area contributed by atoms with Crippen molar-refractivity contribution < 1.29 is 44.9 Å². The van der Waals surface area contributed by atoms with E-state index in [0.29, 0.717) is 12.8 Å². The molecular weight excluding hydrogens is 552 g/mol. The van der Waals surface area contributed by atoms with Gasteiger partial charge in [-0.15, -0.1) is 0 Å². The van der Waals surface area contributed by atoms with Gasteiger partial charge < -0.3 is 40.1 Å². The van der Waals surface area contributed by atoms with Gasteiger partial charge in [-0.05, 0) is 26.2 Å². The van der Waals surface area contributed by atoms with E-state index in [1.165, 1.54) is 96.3 Å². The first kappa shape index (κ1) is 40.4. The maximum Gasteiger partial charge on any atom is 0.186 e. The predicted molar refractivity (Wildman–Crippen MR) is 169 cm³/mol. The van der Waals surface area contributed by atoms with E-state index in [1.54, 1.807) is 6.92 Å². The van der Waals surface area contributed by atoms with Crippen LogP contribution in [0.3, 0.4) is 0 Å². The first-order valence-electron chi connectivity index (χ1n) is 17.6. The van der Waals surface area contributed by atoms with Crippen LogP contribution in [-0.4, -0.2) is 92.5 Å². The van der Waals surface area contributed by atoms with Crippen molar-refractivity contribution in [1.82, 2.24) is 0 Å². The normalized spacial score (nSPS) is 23.8. The zero-order chi connectivity index (χ0) is 31.7. The van der Waals surface area contributed by atoms with Crippen LogP contribution in [0.25, 0.3) is 0 Å². The molecule has 1 aliphatic heterocycles. The van der Waals surface area contributed by atoms with Crippen LogP contribution in [-0.2, 0) is 14.3 Å². The molecule has 6 N–H and O–H groups in total. The van der Waals surface area contributed by atoms with Crippen LogP contribution in [0, 0.1) is 0 Å². The number of carbonyl (C=O) groups excluding carboxylic acids is 1. The summed E-state index contributed by atoms with van der Waals surface area (Å²) in [6.07, 6.45) is 18.6. The summed E-state index contributed by atoms with van der Waals surface area (Å²) in [6, 6.07) is 0. The zero-order valence-corrected chi connectivity index (χ0v) is 27.1. The molecule has 7 unspecified atom stereocenters. The Balaban J connectivity index is 1.79. The van der Waals surface area contributed by atoms with E-state index in [2.05, 4.69) is 0 Å². The van der Waals surface area contributed by atoms with Crippen LogP contribution >= 0.6 is 0 Å². The molecule has 9 nitrogen and oxygen atoms in total. The summed E-state index contributed by atoms with van der Waals surface area (Å²) in [4.78, 5) is 12.1. The quantitative estimate of drug-likeness (QED) is 0.0629. The molecule has 0 aliphatic carbocycles. The molecule has 0 saturated carbocycles. The molecule has 1 saturated heterocycles. The minimum absolute atomic E-state index is 0.0584. The number of aliphatic hydroxyl groups is 6. The number of aliphatic hydroxyl groups excluding tert-OH is 6. The first-order valence-corrected chi connectivity index (χ1v) is 17.6. The molecule has 256 valence electrons. The smallest absolute Gasteiger partial charge is 0.186 e. The third-order valence-corrected chi connectivity index (χ3v) is 8.62. The van der Waals surface area contributed by atoms with Crippen LogP contribution in [0.2, 0.25) is 0 Å². The van der Waals surface area contributed by atoms with Gasteiger partial charge in [0.1, 0.15) is 30.2 Å². The second-order valence-electron chi connectivity index (χ2n) is 12.9. The Labute approximate surface area is 261 Å². The summed E-state index contributed by atoms with van der Waals surface area (Å²) in [6.45, 7) is 1.28. The Bertz CT molecular complexity index is 645. The van der Waals surface area contributed by atoms with Crippen molar-refractivity contribution in [1.29, 1.82) is 0 Å². The van der Waals surface area contributed by atoms with Crippen molar-refractivity contribution >= 4 is 5.78 Å². The summed E-state index contributed by atoms with van der Waals surface area (Å²) in [5.41, 5.74) is 0. The highest BCUT2D eigenvalue weighted by molar-refractivity contribution is 5.78. The molecule has 0 bridgehead atoms. The van der Waals surface area contributed by atoms with Gasteiger partial charge in [-0.2, -0.15) is 0 Å². The van der Waals surface area contributed by atoms with Gasteiger partial charge in [0.25, 0.3) is 0 Å². The van der Waals surface area contributed by atoms with Crippen molar-refractivity contribution in [2.75, 3.05) is 13.2 Å². The Morgan fingerprint density at radius 1 is 0.651 bits per heavy atom. The van der Waals surface area contributed by atoms with Gasteiger partial charge in [0, 0.05) is 12.8 Å². The van der Waals surface area contributed by atoms with Crippen molar-refractivity contribution in [3.05, 3.63) is 0 Å². The third-order valence-electron chi connectivity index (χ3n) is 8.62. The van der Waals surface area contributed by atoms with Crippen LogP contribution < -0.4 is 0 Å². The Hall–Kier alpha value is -0.650. The first-order chi connectivity index (χ1) is 20.8. The highest BCUT2D eigenvalue weighted by Crippen LogP contribution is 2.22. The molecule has 0 aromatic rings. The third kappa shape index (κ3) is 20.9. The molecule has 43 heavy (non-hydrogen) atoms. The molecule has 1 fully saturated rings. The lowest BCUT2D eigenvalue weighted by atomic mass is 9.99. The van der Waals surface area contributed by atoms with Crippen molar-refractivity contribution in [2.24, 2.45) is 0 Å². The Morgan fingerprint density at radius 3 is 1.53 bits per heavy atom. The molecule has 0 spiro atoms. The average molecular weight is 619 g/mol. The maximum absolute atomic E-state index is 12.1. The fourth-order valence-corrected chi connectivity index (χ4v) is 5.84. The molecule has 0 amide bonds. The van der Waals surface area contributed by atoms with Crippen LogP contribution in [0.4, 0.5) is 0 Å². The largest absolute Gasteiger partial charge is 0.394 e. The minimum Gasteiger partial charge on any atom is -0.394 e. The summed E-state index contributed by atoms with van der Waals surface area (Å²) >= 11 is 0. The summed E-state index contributed by atoms with van der Waals surface area (Å²) in [5, 5.41) is 57.8. The SMILES string of the molecule is CC(O)CC(O)CCCCCCCCCCCCCCCCCCCCCC(=O)CCOC1OC(CO)C(O)C(O)C1O. The summed E-state index contributed by atoms with van der Waals surface area (Å²) in [7, 11) is 0. The van der Waals surface area contributed by atoms with Crippen molar-refractivity contribution in [3.63, 3.8) is 0 Å². The Morgan fingerprint density at radius 2 is 1.09 bits per heavy atom. The Kier molecular flexibility index (Phi) is 24.9. The van der Waals surface area contributed by atoms with E-state index in [4.69, 9.17) is 9.47 Å². The van der Waals surface area contributed by atoms with E-state index in [9.17, 15) is 35.4 Å². The number of ether oxygens (including phenoxy) is 2. The summed E-state index contributed by atoms with van der Waals surface area (Å²) in [5.74, 6) is 0.0960. The van der Waals surface area contributed by atoms with Gasteiger partial charge in [0.05, 0.1) is 25.4 Å². The lowest BCUT2D eigenvalue weighted by Gasteiger charge is -2.39. The topological polar surface area (TPSA) is 157 Å². The number of rotatable bonds is 29. The molecule has 0 radical (unpaired) electrons. The van der Waals surface area contributed by atoms with E-state index in [0.717, 1.165) is 32.1 Å². The second-order valence-corrected chi connectivity index (χ2v) is 12.9. The fourth-order valence-electron chi connectivity index (χ4n) is 5.84. The minimum atomic E-state index is -1.47. The maximum atomic E-state index is 12.1. The highest BCUT2D eigenvalue weighted by Gasteiger charge is 2.43. The van der Waals surface area contributed by atoms with Crippen LogP contribution in [0.15, 0.2) is 0 Å². The van der Waals surface area contributed by atoms with Gasteiger partial charge in [-0.1, -0.05) is 116 Å². The number of ketones is 1. The molecule has 1 heterocycles. The van der Waals surface area contributed by atoms with E-state index < -0.39 is 43.4 Å². The monoisotopic (exact) mass is 618 g/mol. The molecule has 0 aromatic carbocycles. The lowest BCUT2D eigenvalue weighted by Crippen LogP contribution is -2.59. The van der Waals surface area contributed by atoms with Gasteiger partial charge in [-0.25, -0.2) is 0 Å².